The zero-order valence-electron chi connectivity index (χ0n) is 20.9. The third-order valence-electron chi connectivity index (χ3n) is 7.51. The minimum absolute atomic E-state index is 0.0462. The first kappa shape index (κ1) is 25.0. The van der Waals surface area contributed by atoms with Crippen LogP contribution in [0.1, 0.15) is 43.7 Å². The fraction of sp³-hybridized carbons (Fsp3) is 0.370. The minimum atomic E-state index is -3.26. The van der Waals surface area contributed by atoms with Crippen LogP contribution in [0, 0.1) is 0 Å². The Hall–Kier alpha value is -3.66. The summed E-state index contributed by atoms with van der Waals surface area (Å²) < 4.78 is 29.5. The fourth-order valence-corrected chi connectivity index (χ4v) is 6.39. The number of benzene rings is 2. The number of methoxy groups -OCH3 is 1. The molecule has 5 rings (SSSR count). The molecule has 37 heavy (non-hydrogen) atoms. The maximum atomic E-state index is 13.3. The van der Waals surface area contributed by atoms with Gasteiger partial charge in [-0.2, -0.15) is 0 Å². The number of fused-ring (bicyclic) bond motifs is 2. The van der Waals surface area contributed by atoms with Crippen LogP contribution in [0.2, 0.25) is 0 Å². The Morgan fingerprint density at radius 2 is 1.86 bits per heavy atom. The van der Waals surface area contributed by atoms with E-state index in [1.165, 1.54) is 13.4 Å². The number of urea groups is 1. The number of hydrogen-bond donors (Lipinski definition) is 2. The van der Waals surface area contributed by atoms with E-state index >= 15 is 0 Å². The molecule has 3 aromatic rings. The Balaban J connectivity index is 1.41. The molecular formula is C27H30N4O5S. The summed E-state index contributed by atoms with van der Waals surface area (Å²) in [4.78, 5) is 23.5. The summed E-state index contributed by atoms with van der Waals surface area (Å²) in [6.07, 6.45) is 5.40. The van der Waals surface area contributed by atoms with E-state index in [0.29, 0.717) is 18.0 Å². The van der Waals surface area contributed by atoms with Crippen molar-refractivity contribution < 1.29 is 23.1 Å². The van der Waals surface area contributed by atoms with Crippen molar-refractivity contribution in [1.29, 1.82) is 0 Å². The van der Waals surface area contributed by atoms with Gasteiger partial charge in [-0.05, 0) is 53.8 Å². The van der Waals surface area contributed by atoms with E-state index in [0.717, 1.165) is 48.1 Å². The number of anilines is 1. The molecule has 2 aromatic carbocycles. The topological polar surface area (TPSA) is 122 Å². The lowest BCUT2D eigenvalue weighted by Crippen LogP contribution is -2.41. The maximum absolute atomic E-state index is 13.3. The SMILES string of the molecule is CCS(=O)(=O)c1ccc(CNC(=O)N2CC3(CCCC3)c3cc(-c4c(O)ncnc4OC)ccc32)cc1. The van der Waals surface area contributed by atoms with Gasteiger partial charge in [-0.15, -0.1) is 0 Å². The van der Waals surface area contributed by atoms with Crippen LogP contribution >= 0.6 is 0 Å². The van der Waals surface area contributed by atoms with E-state index in [2.05, 4.69) is 15.3 Å². The maximum Gasteiger partial charge on any atom is 0.322 e. The van der Waals surface area contributed by atoms with Crippen LogP contribution in [0.25, 0.3) is 11.1 Å². The van der Waals surface area contributed by atoms with Crippen molar-refractivity contribution in [3.63, 3.8) is 0 Å². The van der Waals surface area contributed by atoms with Gasteiger partial charge in [0.15, 0.2) is 9.84 Å². The molecule has 2 amide bonds. The Morgan fingerprint density at radius 1 is 1.14 bits per heavy atom. The number of carbonyl (C=O) groups excluding carboxylic acids is 1. The van der Waals surface area contributed by atoms with E-state index in [1.54, 1.807) is 36.1 Å². The molecule has 1 aromatic heterocycles. The molecule has 10 heteroatoms. The van der Waals surface area contributed by atoms with Gasteiger partial charge in [0.2, 0.25) is 11.8 Å². The number of rotatable bonds is 6. The lowest BCUT2D eigenvalue weighted by molar-refractivity contribution is 0.245. The Bertz CT molecular complexity index is 1430. The highest BCUT2D eigenvalue weighted by Gasteiger charge is 2.46. The number of amides is 2. The number of hydrogen-bond acceptors (Lipinski definition) is 7. The van der Waals surface area contributed by atoms with Crippen molar-refractivity contribution in [2.75, 3.05) is 24.3 Å². The second kappa shape index (κ2) is 9.66. The van der Waals surface area contributed by atoms with E-state index in [1.807, 2.05) is 18.2 Å². The number of aromatic hydroxyl groups is 1. The Kier molecular flexibility index (Phi) is 6.53. The first-order valence-electron chi connectivity index (χ1n) is 12.4. The van der Waals surface area contributed by atoms with Crippen LogP contribution in [0.5, 0.6) is 11.8 Å². The largest absolute Gasteiger partial charge is 0.493 e. The molecule has 9 nitrogen and oxygen atoms in total. The van der Waals surface area contributed by atoms with Crippen LogP contribution in [0.3, 0.4) is 0 Å². The summed E-state index contributed by atoms with van der Waals surface area (Å²) >= 11 is 0. The number of ether oxygens (including phenoxy) is 1. The minimum Gasteiger partial charge on any atom is -0.493 e. The van der Waals surface area contributed by atoms with Gasteiger partial charge in [-0.25, -0.2) is 23.2 Å². The van der Waals surface area contributed by atoms with E-state index in [9.17, 15) is 18.3 Å². The molecule has 2 heterocycles. The average molecular weight is 523 g/mol. The summed E-state index contributed by atoms with van der Waals surface area (Å²) in [5.74, 6) is 0.181. The molecular weight excluding hydrogens is 492 g/mol. The van der Waals surface area contributed by atoms with Crippen molar-refractivity contribution in [2.45, 2.75) is 49.5 Å². The van der Waals surface area contributed by atoms with E-state index in [-0.39, 0.29) is 34.5 Å². The number of carbonyl (C=O) groups is 1. The van der Waals surface area contributed by atoms with Crippen molar-refractivity contribution in [3.05, 3.63) is 59.9 Å². The Labute approximate surface area is 216 Å². The predicted molar refractivity (Wildman–Crippen MR) is 140 cm³/mol. The zero-order valence-corrected chi connectivity index (χ0v) is 21.7. The lowest BCUT2D eigenvalue weighted by Gasteiger charge is -2.25. The number of nitrogens with zero attached hydrogens (tertiary/aromatic N) is 3. The average Bonchev–Trinajstić information content (AvgIpc) is 3.52. The van der Waals surface area contributed by atoms with Crippen molar-refractivity contribution in [1.82, 2.24) is 15.3 Å². The van der Waals surface area contributed by atoms with Crippen LogP contribution in [0.4, 0.5) is 10.5 Å². The van der Waals surface area contributed by atoms with Gasteiger partial charge in [-0.1, -0.05) is 38.0 Å². The third-order valence-corrected chi connectivity index (χ3v) is 9.26. The molecule has 0 bridgehead atoms. The third kappa shape index (κ3) is 4.50. The molecule has 2 aliphatic rings. The quantitative estimate of drug-likeness (QED) is 0.498. The fourth-order valence-electron chi connectivity index (χ4n) is 5.51. The van der Waals surface area contributed by atoms with Crippen molar-refractivity contribution in [3.8, 4) is 22.9 Å². The molecule has 0 atom stereocenters. The first-order valence-corrected chi connectivity index (χ1v) is 14.0. The molecule has 0 radical (unpaired) electrons. The van der Waals surface area contributed by atoms with Crippen LogP contribution in [-0.2, 0) is 21.8 Å². The zero-order chi connectivity index (χ0) is 26.2. The highest BCUT2D eigenvalue weighted by molar-refractivity contribution is 7.91. The smallest absolute Gasteiger partial charge is 0.322 e. The molecule has 1 spiro atoms. The summed E-state index contributed by atoms with van der Waals surface area (Å²) in [5.41, 5.74) is 3.78. The summed E-state index contributed by atoms with van der Waals surface area (Å²) in [6, 6.07) is 12.2. The monoisotopic (exact) mass is 522 g/mol. The normalized spacial score (nSPS) is 16.1. The number of nitrogens with one attached hydrogen (secondary N) is 1. The molecule has 1 fully saturated rings. The van der Waals surface area contributed by atoms with Gasteiger partial charge < -0.3 is 15.2 Å². The second-order valence-electron chi connectivity index (χ2n) is 9.59. The van der Waals surface area contributed by atoms with Crippen molar-refractivity contribution >= 4 is 21.6 Å². The van der Waals surface area contributed by atoms with Crippen molar-refractivity contribution in [2.24, 2.45) is 0 Å². The standard InChI is InChI=1S/C27H30N4O5S/c1-3-37(34,35)20-9-6-18(7-10-20)15-28-26(33)31-16-27(12-4-5-13-27)21-14-19(8-11-22(21)31)23-24(32)29-17-30-25(23)36-2/h6-11,14,17H,3-5,12-13,15-16H2,1-2H3,(H,28,33)(H,29,30,32). The molecule has 1 saturated carbocycles. The van der Waals surface area contributed by atoms with Gasteiger partial charge in [0.25, 0.3) is 0 Å². The Morgan fingerprint density at radius 3 is 2.54 bits per heavy atom. The number of sulfone groups is 1. The van der Waals surface area contributed by atoms with Crippen LogP contribution < -0.4 is 15.0 Å². The molecule has 2 N–H and O–H groups in total. The van der Waals surface area contributed by atoms with Gasteiger partial charge in [0, 0.05) is 24.2 Å². The van der Waals surface area contributed by atoms with E-state index < -0.39 is 9.84 Å². The summed E-state index contributed by atoms with van der Waals surface area (Å²) in [6.45, 7) is 2.48. The first-order chi connectivity index (χ1) is 17.8. The highest BCUT2D eigenvalue weighted by atomic mass is 32.2. The van der Waals surface area contributed by atoms with Gasteiger partial charge in [-0.3, -0.25) is 4.90 Å². The molecule has 0 unspecified atom stereocenters. The van der Waals surface area contributed by atoms with Gasteiger partial charge in [0.05, 0.1) is 17.8 Å². The van der Waals surface area contributed by atoms with Gasteiger partial charge in [0.1, 0.15) is 11.9 Å². The highest BCUT2D eigenvalue weighted by Crippen LogP contribution is 2.52. The second-order valence-corrected chi connectivity index (χ2v) is 11.9. The van der Waals surface area contributed by atoms with Crippen LogP contribution in [0.15, 0.2) is 53.7 Å². The van der Waals surface area contributed by atoms with Crippen LogP contribution in [-0.4, -0.2) is 48.9 Å². The molecule has 194 valence electrons. The lowest BCUT2D eigenvalue weighted by atomic mass is 9.80. The summed E-state index contributed by atoms with van der Waals surface area (Å²) in [5, 5.41) is 13.4. The molecule has 0 saturated heterocycles. The van der Waals surface area contributed by atoms with E-state index in [4.69, 9.17) is 4.74 Å². The molecule has 1 aliphatic heterocycles. The predicted octanol–water partition coefficient (Wildman–Crippen LogP) is 4.19. The number of aromatic nitrogens is 2. The van der Waals surface area contributed by atoms with Gasteiger partial charge >= 0.3 is 6.03 Å². The summed E-state index contributed by atoms with van der Waals surface area (Å²) in [7, 11) is -1.76. The molecule has 1 aliphatic carbocycles.